The summed E-state index contributed by atoms with van der Waals surface area (Å²) in [6.45, 7) is 6.69. The lowest BCUT2D eigenvalue weighted by molar-refractivity contribution is 0.604. The molecule has 21 heavy (non-hydrogen) atoms. The maximum absolute atomic E-state index is 6.20. The number of fused-ring (bicyclic) bond motifs is 1. The Bertz CT molecular complexity index is 653. The minimum absolute atomic E-state index is 0.167. The van der Waals surface area contributed by atoms with Gasteiger partial charge in [-0.1, -0.05) is 27.2 Å². The molecule has 0 unspecified atom stereocenters. The molecule has 2 heterocycles. The summed E-state index contributed by atoms with van der Waals surface area (Å²) in [6.07, 6.45) is 5.73. The van der Waals surface area contributed by atoms with Crippen LogP contribution in [0, 0.1) is 0 Å². The first-order valence-electron chi connectivity index (χ1n) is 7.71. The monoisotopic (exact) mass is 301 g/mol. The van der Waals surface area contributed by atoms with Crippen molar-refractivity contribution in [3.8, 4) is 10.7 Å². The van der Waals surface area contributed by atoms with Crippen LogP contribution in [0.15, 0.2) is 12.1 Å². The minimum Gasteiger partial charge on any atom is -0.383 e. The normalized spacial score (nSPS) is 15.6. The van der Waals surface area contributed by atoms with Gasteiger partial charge >= 0.3 is 0 Å². The number of nitrogens with zero attached hydrogens (tertiary/aromatic N) is 2. The molecular weight excluding hydrogens is 278 g/mol. The molecule has 4 heteroatoms. The number of hydrogen-bond donors (Lipinski definition) is 1. The number of rotatable bonds is 1. The van der Waals surface area contributed by atoms with Crippen LogP contribution in [0.2, 0.25) is 0 Å². The molecule has 2 aromatic heterocycles. The van der Waals surface area contributed by atoms with Crippen LogP contribution >= 0.6 is 11.3 Å². The standard InChI is InChI=1S/C17H23N3S/c1-17(2,3)14-10-9-13(21-14)16-19-12-8-6-4-5-7-11(12)15(18)20-16/h9-10H,4-8H2,1-3H3,(H2,18,19,20). The molecule has 0 saturated heterocycles. The van der Waals surface area contributed by atoms with E-state index in [1.54, 1.807) is 11.3 Å². The molecule has 2 N–H and O–H groups in total. The van der Waals surface area contributed by atoms with Gasteiger partial charge in [0.2, 0.25) is 0 Å². The van der Waals surface area contributed by atoms with E-state index in [0.29, 0.717) is 5.82 Å². The first-order valence-corrected chi connectivity index (χ1v) is 8.53. The van der Waals surface area contributed by atoms with Gasteiger partial charge in [0.25, 0.3) is 0 Å². The quantitative estimate of drug-likeness (QED) is 0.796. The maximum atomic E-state index is 6.20. The smallest absolute Gasteiger partial charge is 0.171 e. The van der Waals surface area contributed by atoms with E-state index in [-0.39, 0.29) is 5.41 Å². The summed E-state index contributed by atoms with van der Waals surface area (Å²) in [5.41, 5.74) is 8.71. The van der Waals surface area contributed by atoms with E-state index >= 15 is 0 Å². The first kappa shape index (κ1) is 14.5. The summed E-state index contributed by atoms with van der Waals surface area (Å²) in [7, 11) is 0. The van der Waals surface area contributed by atoms with Crippen molar-refractivity contribution in [1.82, 2.24) is 9.97 Å². The van der Waals surface area contributed by atoms with Gasteiger partial charge in [-0.15, -0.1) is 11.3 Å². The number of anilines is 1. The third kappa shape index (κ3) is 2.95. The molecule has 0 amide bonds. The minimum atomic E-state index is 0.167. The van der Waals surface area contributed by atoms with Gasteiger partial charge in [0, 0.05) is 16.1 Å². The number of hydrogen-bond acceptors (Lipinski definition) is 4. The Balaban J connectivity index is 2.01. The highest BCUT2D eigenvalue weighted by atomic mass is 32.1. The Labute approximate surface area is 130 Å². The Morgan fingerprint density at radius 2 is 1.81 bits per heavy atom. The van der Waals surface area contributed by atoms with Gasteiger partial charge in [0.1, 0.15) is 5.82 Å². The number of thiophene rings is 1. The summed E-state index contributed by atoms with van der Waals surface area (Å²) in [6, 6.07) is 4.31. The fourth-order valence-electron chi connectivity index (χ4n) is 2.77. The number of nitrogen functional groups attached to an aromatic ring is 1. The molecule has 0 saturated carbocycles. The van der Waals surface area contributed by atoms with E-state index in [0.717, 1.165) is 23.5 Å². The third-order valence-electron chi connectivity index (χ3n) is 4.03. The van der Waals surface area contributed by atoms with E-state index in [4.69, 9.17) is 10.7 Å². The molecule has 112 valence electrons. The highest BCUT2D eigenvalue weighted by molar-refractivity contribution is 7.15. The van der Waals surface area contributed by atoms with Gasteiger partial charge in [-0.2, -0.15) is 0 Å². The molecule has 3 nitrogen and oxygen atoms in total. The van der Waals surface area contributed by atoms with Gasteiger partial charge < -0.3 is 5.73 Å². The van der Waals surface area contributed by atoms with Crippen molar-refractivity contribution in [2.24, 2.45) is 0 Å². The zero-order valence-electron chi connectivity index (χ0n) is 13.1. The lowest BCUT2D eigenvalue weighted by Crippen LogP contribution is -2.08. The summed E-state index contributed by atoms with van der Waals surface area (Å²) in [5.74, 6) is 1.48. The molecule has 0 aromatic carbocycles. The largest absolute Gasteiger partial charge is 0.383 e. The van der Waals surface area contributed by atoms with Crippen molar-refractivity contribution in [3.05, 3.63) is 28.3 Å². The summed E-state index contributed by atoms with van der Waals surface area (Å²) in [4.78, 5) is 11.9. The van der Waals surface area contributed by atoms with Crippen molar-refractivity contribution < 1.29 is 0 Å². The predicted octanol–water partition coefficient (Wildman–Crippen LogP) is 4.35. The molecule has 0 spiro atoms. The van der Waals surface area contributed by atoms with Gasteiger partial charge in [-0.3, -0.25) is 0 Å². The topological polar surface area (TPSA) is 51.8 Å². The van der Waals surface area contributed by atoms with Gasteiger partial charge in [0.05, 0.1) is 4.88 Å². The first-order chi connectivity index (χ1) is 9.95. The van der Waals surface area contributed by atoms with E-state index in [1.807, 2.05) is 0 Å². The van der Waals surface area contributed by atoms with Crippen LogP contribution in [0.3, 0.4) is 0 Å². The van der Waals surface area contributed by atoms with Crippen LogP contribution in [0.4, 0.5) is 5.82 Å². The Morgan fingerprint density at radius 3 is 2.52 bits per heavy atom. The van der Waals surface area contributed by atoms with Crippen LogP contribution in [0.1, 0.15) is 56.2 Å². The van der Waals surface area contributed by atoms with Crippen LogP contribution in [-0.4, -0.2) is 9.97 Å². The molecule has 1 aliphatic carbocycles. The predicted molar refractivity (Wildman–Crippen MR) is 89.7 cm³/mol. The third-order valence-corrected chi connectivity index (χ3v) is 5.54. The molecule has 0 radical (unpaired) electrons. The Kier molecular flexibility index (Phi) is 3.74. The fourth-order valence-corrected chi connectivity index (χ4v) is 3.77. The molecule has 0 atom stereocenters. The van der Waals surface area contributed by atoms with Crippen molar-refractivity contribution in [1.29, 1.82) is 0 Å². The second-order valence-corrected chi connectivity index (χ2v) is 7.92. The summed E-state index contributed by atoms with van der Waals surface area (Å²) < 4.78 is 0. The van der Waals surface area contributed by atoms with E-state index in [2.05, 4.69) is 37.9 Å². The van der Waals surface area contributed by atoms with Crippen molar-refractivity contribution in [2.45, 2.75) is 58.3 Å². The molecule has 3 rings (SSSR count). The lowest BCUT2D eigenvalue weighted by atomic mass is 9.95. The van der Waals surface area contributed by atoms with Crippen molar-refractivity contribution in [3.63, 3.8) is 0 Å². The molecule has 0 aliphatic heterocycles. The SMILES string of the molecule is CC(C)(C)c1ccc(-c2nc(N)c3c(n2)CCCCC3)s1. The highest BCUT2D eigenvalue weighted by Gasteiger charge is 2.20. The zero-order valence-corrected chi connectivity index (χ0v) is 13.9. The second-order valence-electron chi connectivity index (χ2n) is 6.83. The zero-order chi connectivity index (χ0) is 15.0. The lowest BCUT2D eigenvalue weighted by Gasteiger charge is -2.15. The van der Waals surface area contributed by atoms with Crippen LogP contribution < -0.4 is 5.73 Å². The van der Waals surface area contributed by atoms with Crippen molar-refractivity contribution >= 4 is 17.2 Å². The van der Waals surface area contributed by atoms with E-state index in [9.17, 15) is 0 Å². The fraction of sp³-hybridized carbons (Fsp3) is 0.529. The van der Waals surface area contributed by atoms with Crippen LogP contribution in [-0.2, 0) is 18.3 Å². The number of nitrogens with two attached hydrogens (primary N) is 1. The highest BCUT2D eigenvalue weighted by Crippen LogP contribution is 2.35. The molecule has 1 aliphatic rings. The molecule has 2 aromatic rings. The van der Waals surface area contributed by atoms with Crippen molar-refractivity contribution in [2.75, 3.05) is 5.73 Å². The molecule has 0 fully saturated rings. The van der Waals surface area contributed by atoms with Crippen LogP contribution in [0.25, 0.3) is 10.7 Å². The summed E-state index contributed by atoms with van der Waals surface area (Å²) >= 11 is 1.78. The van der Waals surface area contributed by atoms with Gasteiger partial charge in [-0.05, 0) is 43.2 Å². The van der Waals surface area contributed by atoms with Crippen LogP contribution in [0.5, 0.6) is 0 Å². The summed E-state index contributed by atoms with van der Waals surface area (Å²) in [5, 5.41) is 0. The molecular formula is C17H23N3S. The average molecular weight is 301 g/mol. The van der Waals surface area contributed by atoms with Gasteiger partial charge in [0.15, 0.2) is 5.82 Å². The Morgan fingerprint density at radius 1 is 1.05 bits per heavy atom. The van der Waals surface area contributed by atoms with E-state index < -0.39 is 0 Å². The van der Waals surface area contributed by atoms with E-state index in [1.165, 1.54) is 35.4 Å². The molecule has 0 bridgehead atoms. The Hall–Kier alpha value is -1.42. The number of aromatic nitrogens is 2. The second kappa shape index (κ2) is 5.41. The number of aryl methyl sites for hydroxylation is 1. The maximum Gasteiger partial charge on any atom is 0.171 e. The van der Waals surface area contributed by atoms with Gasteiger partial charge in [-0.25, -0.2) is 9.97 Å². The average Bonchev–Trinajstić information content (AvgIpc) is 2.79.